The van der Waals surface area contributed by atoms with Crippen molar-refractivity contribution >= 4 is 70.6 Å². The predicted molar refractivity (Wildman–Crippen MR) is 138 cm³/mol. The van der Waals surface area contributed by atoms with E-state index in [0.717, 1.165) is 41.8 Å². The van der Waals surface area contributed by atoms with E-state index in [1.54, 1.807) is 13.8 Å². The summed E-state index contributed by atoms with van der Waals surface area (Å²) in [6.07, 6.45) is 0. The molecular weight excluding hydrogens is 647 g/mol. The summed E-state index contributed by atoms with van der Waals surface area (Å²) < 4.78 is 139. The first kappa shape index (κ1) is 30.0. The van der Waals surface area contributed by atoms with Crippen LogP contribution in [0.15, 0.2) is 26.8 Å². The quantitative estimate of drug-likeness (QED) is 0.171. The lowest BCUT2D eigenvalue weighted by Gasteiger charge is -2.09. The van der Waals surface area contributed by atoms with Gasteiger partial charge in [-0.15, -0.1) is 23.5 Å². The van der Waals surface area contributed by atoms with Gasteiger partial charge in [0.2, 0.25) is 11.6 Å². The average Bonchev–Trinajstić information content (AvgIpc) is 3.45. The topological polar surface area (TPSA) is 0 Å². The molecule has 2 heterocycles. The van der Waals surface area contributed by atoms with Gasteiger partial charge in [0, 0.05) is 32.4 Å². The summed E-state index contributed by atoms with van der Waals surface area (Å²) in [7, 11) is 0. The van der Waals surface area contributed by atoms with Gasteiger partial charge in [0.15, 0.2) is 46.5 Å². The molecule has 4 rings (SSSR count). The van der Waals surface area contributed by atoms with Crippen LogP contribution in [0.1, 0.15) is 25.0 Å². The summed E-state index contributed by atoms with van der Waals surface area (Å²) in [5.41, 5.74) is -1.88. The number of hydrogen-bond donors (Lipinski definition) is 0. The smallest absolute Gasteiger partial charge is 0.200 e. The van der Waals surface area contributed by atoms with Crippen molar-refractivity contribution in [3.8, 4) is 0 Å². The molecule has 16 heteroatoms. The molecule has 0 aromatic heterocycles. The fraction of sp³-hybridized carbons (Fsp3) is 0.182. The van der Waals surface area contributed by atoms with E-state index in [-0.39, 0.29) is 0 Å². The van der Waals surface area contributed by atoms with Crippen LogP contribution in [0.3, 0.4) is 0 Å². The average molecular weight is 657 g/mol. The first-order chi connectivity index (χ1) is 17.8. The number of benzene rings is 2. The molecule has 0 unspecified atom stereocenters. The molecule has 0 radical (unpaired) electrons. The predicted octanol–water partition coefficient (Wildman–Crippen LogP) is 10.7. The van der Waals surface area contributed by atoms with E-state index in [1.807, 2.05) is 0 Å². The van der Waals surface area contributed by atoms with Gasteiger partial charge >= 0.3 is 0 Å². The Kier molecular flexibility index (Phi) is 9.39. The minimum Gasteiger partial charge on any atom is -0.203 e. The van der Waals surface area contributed by atoms with E-state index in [9.17, 15) is 43.9 Å². The maximum absolute atomic E-state index is 14.0. The van der Waals surface area contributed by atoms with Crippen molar-refractivity contribution in [2.75, 3.05) is 0 Å². The van der Waals surface area contributed by atoms with E-state index >= 15 is 0 Å². The van der Waals surface area contributed by atoms with E-state index in [1.165, 1.54) is 47.0 Å². The van der Waals surface area contributed by atoms with E-state index in [2.05, 4.69) is 0 Å². The van der Waals surface area contributed by atoms with Crippen molar-refractivity contribution in [3.05, 3.63) is 96.1 Å². The molecule has 0 amide bonds. The molecular formula is C22H10F10S6. The second-order valence-electron chi connectivity index (χ2n) is 7.34. The van der Waals surface area contributed by atoms with Crippen LogP contribution in [0.2, 0.25) is 0 Å². The number of rotatable bonds is 6. The first-order valence-electron chi connectivity index (χ1n) is 9.97. The van der Waals surface area contributed by atoms with Crippen molar-refractivity contribution in [1.82, 2.24) is 0 Å². The maximum atomic E-state index is 14.0. The molecule has 0 aliphatic carbocycles. The highest BCUT2D eigenvalue weighted by atomic mass is 32.2. The lowest BCUT2D eigenvalue weighted by Crippen LogP contribution is -2.06. The summed E-state index contributed by atoms with van der Waals surface area (Å²) in [5.74, 6) is -21.1. The Balaban J connectivity index is 1.44. The van der Waals surface area contributed by atoms with Crippen LogP contribution in [-0.2, 0) is 11.5 Å². The Hall–Kier alpha value is -0.940. The lowest BCUT2D eigenvalue weighted by atomic mass is 10.2. The molecule has 204 valence electrons. The fourth-order valence-corrected chi connectivity index (χ4v) is 11.4. The Morgan fingerprint density at radius 1 is 0.421 bits per heavy atom. The van der Waals surface area contributed by atoms with Crippen molar-refractivity contribution in [1.29, 1.82) is 0 Å². The Morgan fingerprint density at radius 2 is 0.684 bits per heavy atom. The highest BCUT2D eigenvalue weighted by Crippen LogP contribution is 2.63. The second kappa shape index (κ2) is 11.9. The summed E-state index contributed by atoms with van der Waals surface area (Å²) in [4.78, 5) is 1.46. The molecule has 2 aliphatic heterocycles. The number of allylic oxidation sites excluding steroid dienone is 2. The van der Waals surface area contributed by atoms with E-state index < -0.39 is 80.8 Å². The Bertz CT molecular complexity index is 1280. The number of thioether (sulfide) groups is 6. The monoisotopic (exact) mass is 656 g/mol. The maximum Gasteiger partial charge on any atom is 0.200 e. The molecule has 2 aromatic carbocycles. The van der Waals surface area contributed by atoms with Crippen LogP contribution >= 0.6 is 70.6 Å². The zero-order valence-corrected chi connectivity index (χ0v) is 23.5. The minimum absolute atomic E-state index is 0.505. The molecule has 0 atom stereocenters. The third-order valence-corrected chi connectivity index (χ3v) is 13.7. The summed E-state index contributed by atoms with van der Waals surface area (Å²) in [6, 6.07) is 0. The molecule has 0 fully saturated rings. The molecule has 2 aliphatic rings. The third kappa shape index (κ3) is 5.62. The molecule has 0 nitrogen and oxygen atoms in total. The van der Waals surface area contributed by atoms with Gasteiger partial charge in [-0.3, -0.25) is 0 Å². The SMILES string of the molecule is CC1=C(SCc2c(F)c(F)c(F)c(F)c2F)S/C(=C2/SC(C)=C(SCc3c(F)c(F)c(F)c(F)c3F)S2)S1. The van der Waals surface area contributed by atoms with E-state index in [4.69, 9.17) is 0 Å². The van der Waals surface area contributed by atoms with Crippen LogP contribution in [0.5, 0.6) is 0 Å². The summed E-state index contributed by atoms with van der Waals surface area (Å²) >= 11 is 6.90. The van der Waals surface area contributed by atoms with Crippen molar-refractivity contribution in [2.45, 2.75) is 25.4 Å². The van der Waals surface area contributed by atoms with Gasteiger partial charge in [-0.05, 0) is 13.8 Å². The van der Waals surface area contributed by atoms with Gasteiger partial charge in [0.1, 0.15) is 0 Å². The van der Waals surface area contributed by atoms with Crippen molar-refractivity contribution in [3.63, 3.8) is 0 Å². The van der Waals surface area contributed by atoms with Gasteiger partial charge in [0.05, 0.1) is 16.9 Å². The lowest BCUT2D eigenvalue weighted by molar-refractivity contribution is 0.372. The van der Waals surface area contributed by atoms with Gasteiger partial charge in [-0.2, -0.15) is 0 Å². The Morgan fingerprint density at radius 3 is 0.974 bits per heavy atom. The molecule has 0 bridgehead atoms. The molecule has 0 saturated carbocycles. The second-order valence-corrected chi connectivity index (χ2v) is 14.8. The highest BCUT2D eigenvalue weighted by Gasteiger charge is 2.31. The molecule has 0 N–H and O–H groups in total. The van der Waals surface area contributed by atoms with Gasteiger partial charge in [-0.25, -0.2) is 43.9 Å². The molecule has 0 saturated heterocycles. The first-order valence-corrected chi connectivity index (χ1v) is 15.2. The van der Waals surface area contributed by atoms with Crippen LogP contribution in [0, 0.1) is 58.2 Å². The number of halogens is 10. The van der Waals surface area contributed by atoms with E-state index in [0.29, 0.717) is 8.47 Å². The largest absolute Gasteiger partial charge is 0.203 e. The van der Waals surface area contributed by atoms with Crippen LogP contribution < -0.4 is 0 Å². The van der Waals surface area contributed by atoms with Gasteiger partial charge < -0.3 is 0 Å². The molecule has 2 aromatic rings. The summed E-state index contributed by atoms with van der Waals surface area (Å²) in [5, 5.41) is 0. The van der Waals surface area contributed by atoms with Crippen LogP contribution in [0.25, 0.3) is 0 Å². The third-order valence-electron chi connectivity index (χ3n) is 4.90. The fourth-order valence-electron chi connectivity index (χ4n) is 2.97. The van der Waals surface area contributed by atoms with Gasteiger partial charge in [0.25, 0.3) is 0 Å². The highest BCUT2D eigenvalue weighted by molar-refractivity contribution is 8.40. The zero-order chi connectivity index (χ0) is 28.0. The summed E-state index contributed by atoms with van der Waals surface area (Å²) in [6.45, 7) is 3.44. The van der Waals surface area contributed by atoms with Gasteiger partial charge in [-0.1, -0.05) is 47.0 Å². The van der Waals surface area contributed by atoms with Crippen LogP contribution in [0.4, 0.5) is 43.9 Å². The standard InChI is InChI=1S/C22H10F10S6/c1-5-19(33-3-7-9(23)13(27)17(31)14(28)10(7)24)37-21(35-5)22-36-6(2)20(38-22)34-4-8-11(25)15(29)18(32)16(30)12(8)26/h3-4H2,1-2H3/b22-21-. The Labute approximate surface area is 234 Å². The van der Waals surface area contributed by atoms with Crippen molar-refractivity contribution in [2.24, 2.45) is 0 Å². The van der Waals surface area contributed by atoms with Crippen LogP contribution in [-0.4, -0.2) is 0 Å². The van der Waals surface area contributed by atoms with Crippen molar-refractivity contribution < 1.29 is 43.9 Å². The molecule has 38 heavy (non-hydrogen) atoms. The zero-order valence-electron chi connectivity index (χ0n) is 18.6. The minimum atomic E-state index is -2.23. The normalized spacial score (nSPS) is 18.0. The number of hydrogen-bond acceptors (Lipinski definition) is 6. The molecule has 0 spiro atoms.